The van der Waals surface area contributed by atoms with Gasteiger partial charge in [-0.25, -0.2) is 14.6 Å². The Morgan fingerprint density at radius 3 is 3.00 bits per heavy atom. The number of rotatable bonds is 1. The summed E-state index contributed by atoms with van der Waals surface area (Å²) in [5.41, 5.74) is 0.915. The molecule has 8 heteroatoms. The maximum absolute atomic E-state index is 12.1. The van der Waals surface area contributed by atoms with Gasteiger partial charge in [0, 0.05) is 24.8 Å². The molecule has 0 saturated carbocycles. The highest BCUT2D eigenvalue weighted by atomic mass is 16.1. The first-order valence-electron chi connectivity index (χ1n) is 6.36. The highest BCUT2D eigenvalue weighted by Crippen LogP contribution is 2.18. The summed E-state index contributed by atoms with van der Waals surface area (Å²) in [5.74, 6) is 1.21. The zero-order valence-corrected chi connectivity index (χ0v) is 11.4. The van der Waals surface area contributed by atoms with Crippen molar-refractivity contribution in [1.82, 2.24) is 34.5 Å². The summed E-state index contributed by atoms with van der Waals surface area (Å²) in [4.78, 5) is 20.8. The number of aromatic nitrogens is 7. The number of aromatic amines is 1. The molecule has 0 atom stereocenters. The molecule has 0 aliphatic carbocycles. The van der Waals surface area contributed by atoms with Crippen molar-refractivity contribution in [2.75, 3.05) is 0 Å². The van der Waals surface area contributed by atoms with E-state index in [4.69, 9.17) is 0 Å². The van der Waals surface area contributed by atoms with E-state index in [1.165, 1.54) is 4.57 Å². The first-order chi connectivity index (χ1) is 10.1. The van der Waals surface area contributed by atoms with Crippen molar-refractivity contribution in [1.29, 1.82) is 0 Å². The molecule has 0 radical (unpaired) electrons. The lowest BCUT2D eigenvalue weighted by Gasteiger charge is -2.02. The minimum atomic E-state index is -0.138. The van der Waals surface area contributed by atoms with E-state index in [1.54, 1.807) is 37.2 Å². The highest BCUT2D eigenvalue weighted by Gasteiger charge is 2.13. The summed E-state index contributed by atoms with van der Waals surface area (Å²) in [5, 5.41) is 12.7. The van der Waals surface area contributed by atoms with Gasteiger partial charge in [0.05, 0.1) is 11.6 Å². The second kappa shape index (κ2) is 3.98. The van der Waals surface area contributed by atoms with E-state index in [9.17, 15) is 4.79 Å². The Morgan fingerprint density at radius 2 is 2.14 bits per heavy atom. The Kier molecular flexibility index (Phi) is 2.23. The third-order valence-corrected chi connectivity index (χ3v) is 3.36. The number of nitrogens with one attached hydrogen (secondary N) is 1. The van der Waals surface area contributed by atoms with Gasteiger partial charge in [0.15, 0.2) is 17.0 Å². The van der Waals surface area contributed by atoms with E-state index < -0.39 is 0 Å². The Labute approximate surface area is 118 Å². The standard InChI is InChI=1S/C13H11N7O/c1-7-15-11-9(5-14-17-11)12(16-7)20-6-8-3-4-19(2)13(21)10(8)18-20/h3-6H,1-2H3,(H,14,15,16,17). The molecule has 4 aromatic rings. The van der Waals surface area contributed by atoms with Crippen LogP contribution in [0.3, 0.4) is 0 Å². The molecule has 0 spiro atoms. The van der Waals surface area contributed by atoms with Crippen LogP contribution in [0.1, 0.15) is 5.82 Å². The first kappa shape index (κ1) is 11.8. The number of pyridine rings is 1. The summed E-state index contributed by atoms with van der Waals surface area (Å²) in [6, 6.07) is 1.85. The van der Waals surface area contributed by atoms with Crippen LogP contribution in [-0.4, -0.2) is 34.5 Å². The van der Waals surface area contributed by atoms with E-state index in [0.717, 1.165) is 10.8 Å². The fraction of sp³-hybridized carbons (Fsp3) is 0.154. The van der Waals surface area contributed by atoms with Crippen LogP contribution < -0.4 is 5.56 Å². The van der Waals surface area contributed by atoms with Gasteiger partial charge in [-0.2, -0.15) is 10.2 Å². The van der Waals surface area contributed by atoms with E-state index in [1.807, 2.05) is 6.07 Å². The summed E-state index contributed by atoms with van der Waals surface area (Å²) in [7, 11) is 1.70. The summed E-state index contributed by atoms with van der Waals surface area (Å²) >= 11 is 0. The molecule has 4 rings (SSSR count). The van der Waals surface area contributed by atoms with Gasteiger partial charge in [0.1, 0.15) is 5.82 Å². The van der Waals surface area contributed by atoms with Gasteiger partial charge < -0.3 is 4.57 Å². The molecule has 21 heavy (non-hydrogen) atoms. The van der Waals surface area contributed by atoms with Gasteiger partial charge in [-0.1, -0.05) is 0 Å². The predicted molar refractivity (Wildman–Crippen MR) is 76.3 cm³/mol. The Hall–Kier alpha value is -3.03. The van der Waals surface area contributed by atoms with E-state index in [2.05, 4.69) is 25.3 Å². The molecular formula is C13H11N7O. The van der Waals surface area contributed by atoms with Crippen molar-refractivity contribution in [3.05, 3.63) is 40.8 Å². The minimum absolute atomic E-state index is 0.138. The zero-order chi connectivity index (χ0) is 14.6. The third-order valence-electron chi connectivity index (χ3n) is 3.36. The molecule has 0 fully saturated rings. The minimum Gasteiger partial charge on any atom is -0.317 e. The molecule has 1 N–H and O–H groups in total. The van der Waals surface area contributed by atoms with Crippen molar-refractivity contribution >= 4 is 21.9 Å². The van der Waals surface area contributed by atoms with Crippen LogP contribution in [0.2, 0.25) is 0 Å². The van der Waals surface area contributed by atoms with Crippen LogP contribution in [0, 0.1) is 6.92 Å². The van der Waals surface area contributed by atoms with Gasteiger partial charge in [-0.3, -0.25) is 9.89 Å². The number of aryl methyl sites for hydroxylation is 2. The number of hydrogen-bond acceptors (Lipinski definition) is 5. The fourth-order valence-electron chi connectivity index (χ4n) is 2.31. The average Bonchev–Trinajstić information content (AvgIpc) is 3.08. The van der Waals surface area contributed by atoms with Gasteiger partial charge in [0.25, 0.3) is 5.56 Å². The lowest BCUT2D eigenvalue weighted by Crippen LogP contribution is -2.15. The zero-order valence-electron chi connectivity index (χ0n) is 11.4. The Balaban J connectivity index is 2.07. The first-order valence-corrected chi connectivity index (χ1v) is 6.36. The second-order valence-electron chi connectivity index (χ2n) is 4.84. The topological polar surface area (TPSA) is 94.3 Å². The molecule has 8 nitrogen and oxygen atoms in total. The predicted octanol–water partition coefficient (Wildman–Crippen LogP) is 0.699. The van der Waals surface area contributed by atoms with Crippen molar-refractivity contribution in [2.45, 2.75) is 6.92 Å². The van der Waals surface area contributed by atoms with Crippen LogP contribution in [-0.2, 0) is 7.05 Å². The normalized spacial score (nSPS) is 11.5. The maximum Gasteiger partial charge on any atom is 0.278 e. The quantitative estimate of drug-likeness (QED) is 0.554. The lowest BCUT2D eigenvalue weighted by atomic mass is 10.3. The number of fused-ring (bicyclic) bond motifs is 2. The van der Waals surface area contributed by atoms with E-state index >= 15 is 0 Å². The van der Waals surface area contributed by atoms with Crippen molar-refractivity contribution in [2.24, 2.45) is 7.05 Å². The van der Waals surface area contributed by atoms with E-state index in [0.29, 0.717) is 22.8 Å². The molecule has 0 amide bonds. The molecule has 4 aromatic heterocycles. The maximum atomic E-state index is 12.1. The number of hydrogen-bond donors (Lipinski definition) is 1. The molecule has 4 heterocycles. The van der Waals surface area contributed by atoms with E-state index in [-0.39, 0.29) is 5.56 Å². The SMILES string of the molecule is Cc1nc(-n2cc3ccn(C)c(=O)c3n2)c2cn[nH]c2n1. The van der Waals surface area contributed by atoms with Gasteiger partial charge >= 0.3 is 0 Å². The summed E-state index contributed by atoms with van der Waals surface area (Å²) in [6.45, 7) is 1.80. The fourth-order valence-corrected chi connectivity index (χ4v) is 2.31. The monoisotopic (exact) mass is 281 g/mol. The number of H-pyrrole nitrogens is 1. The van der Waals surface area contributed by atoms with Gasteiger partial charge in [-0.15, -0.1) is 0 Å². The Bertz CT molecular complexity index is 1040. The largest absolute Gasteiger partial charge is 0.317 e. The average molecular weight is 281 g/mol. The molecule has 0 aliphatic heterocycles. The molecule has 0 unspecified atom stereocenters. The molecular weight excluding hydrogens is 270 g/mol. The molecule has 0 aromatic carbocycles. The molecule has 0 saturated heterocycles. The smallest absolute Gasteiger partial charge is 0.278 e. The van der Waals surface area contributed by atoms with Crippen molar-refractivity contribution in [3.8, 4) is 5.82 Å². The summed E-state index contributed by atoms with van der Waals surface area (Å²) < 4.78 is 3.09. The Morgan fingerprint density at radius 1 is 1.29 bits per heavy atom. The van der Waals surface area contributed by atoms with Crippen LogP contribution in [0.5, 0.6) is 0 Å². The molecule has 0 aliphatic rings. The van der Waals surface area contributed by atoms with Gasteiger partial charge in [0.2, 0.25) is 0 Å². The second-order valence-corrected chi connectivity index (χ2v) is 4.84. The van der Waals surface area contributed by atoms with Crippen molar-refractivity contribution in [3.63, 3.8) is 0 Å². The molecule has 104 valence electrons. The van der Waals surface area contributed by atoms with Crippen LogP contribution in [0.4, 0.5) is 0 Å². The van der Waals surface area contributed by atoms with Crippen LogP contribution >= 0.6 is 0 Å². The third kappa shape index (κ3) is 1.65. The van der Waals surface area contributed by atoms with Crippen LogP contribution in [0.15, 0.2) is 29.5 Å². The van der Waals surface area contributed by atoms with Crippen LogP contribution in [0.25, 0.3) is 27.8 Å². The lowest BCUT2D eigenvalue weighted by molar-refractivity contribution is 0.836. The summed E-state index contributed by atoms with van der Waals surface area (Å²) in [6.07, 6.45) is 5.15. The highest BCUT2D eigenvalue weighted by molar-refractivity contribution is 5.83. The van der Waals surface area contributed by atoms with Gasteiger partial charge in [-0.05, 0) is 13.0 Å². The van der Waals surface area contributed by atoms with Crippen molar-refractivity contribution < 1.29 is 0 Å². The molecule has 0 bridgehead atoms. The number of nitrogens with zero attached hydrogens (tertiary/aromatic N) is 6.